The number of benzene rings is 3. The van der Waals surface area contributed by atoms with Crippen LogP contribution in [0.1, 0.15) is 10.4 Å². The van der Waals surface area contributed by atoms with E-state index in [1.807, 2.05) is 28.7 Å². The van der Waals surface area contributed by atoms with Crippen LogP contribution in [0.2, 0.25) is 0 Å². The van der Waals surface area contributed by atoms with Gasteiger partial charge in [-0.15, -0.1) is 0 Å². The number of nitrogens with zero attached hydrogens (tertiary/aromatic N) is 1. The van der Waals surface area contributed by atoms with Crippen LogP contribution in [0.25, 0.3) is 0 Å². The number of phenols is 1. The Kier molecular flexibility index (Phi) is 6.45. The Morgan fingerprint density at radius 1 is 1.06 bits per heavy atom. The molecule has 1 aliphatic heterocycles. The summed E-state index contributed by atoms with van der Waals surface area (Å²) in [6.45, 7) is 1.45. The number of aromatic hydroxyl groups is 1. The van der Waals surface area contributed by atoms with Crippen LogP contribution in [0.5, 0.6) is 5.75 Å². The highest BCUT2D eigenvalue weighted by atomic mass is 127. The van der Waals surface area contributed by atoms with Crippen molar-refractivity contribution in [1.29, 1.82) is 0 Å². The number of halogens is 4. The second-order valence-corrected chi connectivity index (χ2v) is 8.79. The summed E-state index contributed by atoms with van der Waals surface area (Å²) in [6.07, 6.45) is 0. The Morgan fingerprint density at radius 3 is 2.56 bits per heavy atom. The van der Waals surface area contributed by atoms with E-state index < -0.39 is 29.0 Å². The van der Waals surface area contributed by atoms with Crippen LogP contribution in [0.4, 0.5) is 30.2 Å². The van der Waals surface area contributed by atoms with E-state index in [0.717, 1.165) is 11.8 Å². The summed E-state index contributed by atoms with van der Waals surface area (Å²) in [6, 6.07) is 13.1. The van der Waals surface area contributed by atoms with E-state index in [0.29, 0.717) is 23.2 Å². The quantitative estimate of drug-likeness (QED) is 0.361. The molecule has 0 bridgehead atoms. The lowest BCUT2D eigenvalue weighted by atomic mass is 9.98. The molecule has 0 aromatic heterocycles. The van der Waals surface area contributed by atoms with Gasteiger partial charge in [-0.2, -0.15) is 0 Å². The van der Waals surface area contributed by atoms with Gasteiger partial charge < -0.3 is 20.6 Å². The van der Waals surface area contributed by atoms with Crippen molar-refractivity contribution in [3.63, 3.8) is 0 Å². The summed E-state index contributed by atoms with van der Waals surface area (Å²) in [4.78, 5) is 14.5. The molecule has 166 valence electrons. The molecule has 32 heavy (non-hydrogen) atoms. The van der Waals surface area contributed by atoms with Gasteiger partial charge in [0.2, 0.25) is 0 Å². The molecule has 5 nitrogen and oxygen atoms in total. The van der Waals surface area contributed by atoms with Gasteiger partial charge in [0, 0.05) is 40.9 Å². The third-order valence-corrected chi connectivity index (χ3v) is 5.87. The summed E-state index contributed by atoms with van der Waals surface area (Å²) in [5.41, 5.74) is 0.250. The minimum atomic E-state index is -1.24. The molecule has 0 aliphatic carbocycles. The second kappa shape index (κ2) is 9.27. The molecule has 0 unspecified atom stereocenters. The van der Waals surface area contributed by atoms with Crippen LogP contribution in [-0.2, 0) is 0 Å². The van der Waals surface area contributed by atoms with Gasteiger partial charge in [0.25, 0.3) is 5.91 Å². The van der Waals surface area contributed by atoms with Crippen molar-refractivity contribution >= 4 is 45.6 Å². The molecule has 1 saturated heterocycles. The molecule has 1 amide bonds. The lowest BCUT2D eigenvalue weighted by molar-refractivity contribution is 0.0522. The van der Waals surface area contributed by atoms with E-state index >= 15 is 0 Å². The Labute approximate surface area is 196 Å². The first-order chi connectivity index (χ1) is 15.3. The molecule has 0 radical (unpaired) electrons. The highest BCUT2D eigenvalue weighted by Gasteiger charge is 2.33. The van der Waals surface area contributed by atoms with E-state index in [9.17, 15) is 23.1 Å². The molecule has 1 aliphatic rings. The fraction of sp³-hybridized carbons (Fsp3) is 0.174. The smallest absolute Gasteiger partial charge is 0.256 e. The minimum absolute atomic E-state index is 0.0548. The maximum atomic E-state index is 14.6. The first kappa shape index (κ1) is 22.3. The molecule has 1 fully saturated rings. The monoisotopic (exact) mass is 553 g/mol. The van der Waals surface area contributed by atoms with E-state index in [4.69, 9.17) is 0 Å². The first-order valence-electron chi connectivity index (χ1n) is 9.84. The van der Waals surface area contributed by atoms with Crippen molar-refractivity contribution in [3.05, 3.63) is 81.2 Å². The lowest BCUT2D eigenvalue weighted by Crippen LogP contribution is -2.52. The fourth-order valence-electron chi connectivity index (χ4n) is 3.49. The summed E-state index contributed by atoms with van der Waals surface area (Å²) >= 11 is 1.94. The Balaban J connectivity index is 1.45. The van der Waals surface area contributed by atoms with Gasteiger partial charge >= 0.3 is 0 Å². The van der Waals surface area contributed by atoms with Crippen molar-refractivity contribution in [2.24, 2.45) is 5.92 Å². The SMILES string of the molecule is O=C(c1ccc(F)c(F)c1Nc1ccc(I)cc1F)N1CC(CNc2cccc(O)c2)C1. The third kappa shape index (κ3) is 4.77. The molecule has 0 spiro atoms. The molecule has 3 aromatic rings. The number of amides is 1. The van der Waals surface area contributed by atoms with Gasteiger partial charge in [-0.1, -0.05) is 6.07 Å². The Hall–Kier alpha value is -2.95. The summed E-state index contributed by atoms with van der Waals surface area (Å²) in [5, 5.41) is 15.3. The van der Waals surface area contributed by atoms with Gasteiger partial charge in [-0.25, -0.2) is 13.2 Å². The first-order valence-corrected chi connectivity index (χ1v) is 10.9. The maximum absolute atomic E-state index is 14.6. The molecular formula is C23H19F3IN3O2. The number of nitrogens with one attached hydrogen (secondary N) is 2. The van der Waals surface area contributed by atoms with Gasteiger partial charge in [-0.3, -0.25) is 4.79 Å². The van der Waals surface area contributed by atoms with Crippen molar-refractivity contribution in [2.45, 2.75) is 0 Å². The van der Waals surface area contributed by atoms with Crippen molar-refractivity contribution in [3.8, 4) is 5.75 Å². The Bertz CT molecular complexity index is 1170. The maximum Gasteiger partial charge on any atom is 0.256 e. The van der Waals surface area contributed by atoms with Gasteiger partial charge in [0.15, 0.2) is 11.6 Å². The number of carbonyl (C=O) groups is 1. The van der Waals surface area contributed by atoms with Gasteiger partial charge in [0.05, 0.1) is 16.9 Å². The number of phenolic OH excluding ortho intramolecular Hbond substituents is 1. The predicted octanol–water partition coefficient (Wildman–Crippen LogP) is 5.34. The molecular weight excluding hydrogens is 534 g/mol. The number of carbonyl (C=O) groups excluding carboxylic acids is 1. The molecule has 1 heterocycles. The zero-order valence-corrected chi connectivity index (χ0v) is 18.9. The normalized spacial score (nSPS) is 13.6. The van der Waals surface area contributed by atoms with E-state index in [2.05, 4.69) is 10.6 Å². The number of rotatable bonds is 6. The average molecular weight is 553 g/mol. The second-order valence-electron chi connectivity index (χ2n) is 7.54. The number of hydrogen-bond acceptors (Lipinski definition) is 4. The van der Waals surface area contributed by atoms with E-state index in [1.54, 1.807) is 24.3 Å². The molecule has 4 rings (SSSR count). The summed E-state index contributed by atoms with van der Waals surface area (Å²) in [5.74, 6) is -3.16. The highest BCUT2D eigenvalue weighted by Crippen LogP contribution is 2.31. The van der Waals surface area contributed by atoms with Crippen LogP contribution >= 0.6 is 22.6 Å². The zero-order valence-electron chi connectivity index (χ0n) is 16.7. The van der Waals surface area contributed by atoms with Crippen molar-refractivity contribution in [2.75, 3.05) is 30.3 Å². The van der Waals surface area contributed by atoms with Gasteiger partial charge in [0.1, 0.15) is 11.6 Å². The lowest BCUT2D eigenvalue weighted by Gasteiger charge is -2.39. The van der Waals surface area contributed by atoms with Crippen LogP contribution < -0.4 is 10.6 Å². The minimum Gasteiger partial charge on any atom is -0.508 e. The van der Waals surface area contributed by atoms with Crippen LogP contribution in [0.15, 0.2) is 54.6 Å². The number of anilines is 3. The van der Waals surface area contributed by atoms with E-state index in [-0.39, 0.29) is 22.9 Å². The topological polar surface area (TPSA) is 64.6 Å². The van der Waals surface area contributed by atoms with Gasteiger partial charge in [-0.05, 0) is 65.1 Å². The Morgan fingerprint density at radius 2 is 1.84 bits per heavy atom. The van der Waals surface area contributed by atoms with Crippen LogP contribution in [0, 0.1) is 26.9 Å². The number of likely N-dealkylation sites (tertiary alicyclic amines) is 1. The zero-order chi connectivity index (χ0) is 22.8. The molecule has 3 N–H and O–H groups in total. The summed E-state index contributed by atoms with van der Waals surface area (Å²) < 4.78 is 43.3. The fourth-order valence-corrected chi connectivity index (χ4v) is 3.94. The standard InChI is InChI=1S/C23H19F3IN3O2/c24-18-6-5-17(22(21(18)26)29-20-7-4-14(27)8-19(20)25)23(32)30-11-13(12-30)10-28-15-2-1-3-16(31)9-15/h1-9,13,28-29,31H,10-12H2. The highest BCUT2D eigenvalue weighted by molar-refractivity contribution is 14.1. The van der Waals surface area contributed by atoms with Crippen molar-refractivity contribution < 1.29 is 23.1 Å². The van der Waals surface area contributed by atoms with E-state index in [1.165, 1.54) is 23.1 Å². The number of hydrogen-bond donors (Lipinski definition) is 3. The molecule has 0 atom stereocenters. The molecule has 3 aromatic carbocycles. The molecule has 0 saturated carbocycles. The largest absolute Gasteiger partial charge is 0.508 e. The molecule has 9 heteroatoms. The van der Waals surface area contributed by atoms with Crippen LogP contribution in [0.3, 0.4) is 0 Å². The van der Waals surface area contributed by atoms with Crippen molar-refractivity contribution in [1.82, 2.24) is 4.90 Å². The van der Waals surface area contributed by atoms with Crippen LogP contribution in [-0.4, -0.2) is 35.5 Å². The predicted molar refractivity (Wildman–Crippen MR) is 125 cm³/mol. The third-order valence-electron chi connectivity index (χ3n) is 5.20. The summed E-state index contributed by atoms with van der Waals surface area (Å²) in [7, 11) is 0. The average Bonchev–Trinajstić information content (AvgIpc) is 2.72.